The van der Waals surface area contributed by atoms with Crippen LogP contribution in [-0.2, 0) is 13.0 Å². The van der Waals surface area contributed by atoms with E-state index in [1.165, 1.54) is 37.7 Å². The molecule has 1 saturated carbocycles. The SMILES string of the molecule is NC(=NCc1cc(Cl)cc2c1OCC2)NC1CCCCC1. The van der Waals surface area contributed by atoms with E-state index < -0.39 is 0 Å². The van der Waals surface area contributed by atoms with Crippen LogP contribution in [0.4, 0.5) is 0 Å². The fourth-order valence-electron chi connectivity index (χ4n) is 3.14. The van der Waals surface area contributed by atoms with Crippen molar-refractivity contribution in [1.29, 1.82) is 0 Å². The van der Waals surface area contributed by atoms with E-state index in [9.17, 15) is 0 Å². The molecular weight excluding hydrogens is 286 g/mol. The van der Waals surface area contributed by atoms with Crippen LogP contribution in [0.5, 0.6) is 5.75 Å². The number of fused-ring (bicyclic) bond motifs is 1. The molecule has 0 atom stereocenters. The van der Waals surface area contributed by atoms with Gasteiger partial charge in [0.15, 0.2) is 5.96 Å². The summed E-state index contributed by atoms with van der Waals surface area (Å²) in [4.78, 5) is 4.45. The summed E-state index contributed by atoms with van der Waals surface area (Å²) in [5, 5.41) is 4.06. The van der Waals surface area contributed by atoms with Gasteiger partial charge < -0.3 is 15.8 Å². The second-order valence-corrected chi connectivity index (χ2v) is 6.27. The first-order valence-corrected chi connectivity index (χ1v) is 8.11. The molecule has 1 fully saturated rings. The second kappa shape index (κ2) is 6.56. The Kier molecular flexibility index (Phi) is 4.54. The number of nitrogens with two attached hydrogens (primary N) is 1. The molecule has 1 aliphatic carbocycles. The summed E-state index contributed by atoms with van der Waals surface area (Å²) in [6.45, 7) is 1.23. The quantitative estimate of drug-likeness (QED) is 0.666. The van der Waals surface area contributed by atoms with E-state index >= 15 is 0 Å². The van der Waals surface area contributed by atoms with E-state index in [2.05, 4.69) is 10.3 Å². The summed E-state index contributed by atoms with van der Waals surface area (Å²) in [6.07, 6.45) is 7.18. The highest BCUT2D eigenvalue weighted by Crippen LogP contribution is 2.33. The van der Waals surface area contributed by atoms with Gasteiger partial charge in [0, 0.05) is 23.0 Å². The lowest BCUT2D eigenvalue weighted by molar-refractivity contribution is 0.353. The molecule has 5 heteroatoms. The Morgan fingerprint density at radius 1 is 1.33 bits per heavy atom. The molecule has 114 valence electrons. The molecule has 1 aromatic carbocycles. The van der Waals surface area contributed by atoms with Crippen LogP contribution in [0.25, 0.3) is 0 Å². The lowest BCUT2D eigenvalue weighted by Crippen LogP contribution is -2.41. The van der Waals surface area contributed by atoms with Crippen LogP contribution in [0.2, 0.25) is 5.02 Å². The molecule has 0 radical (unpaired) electrons. The number of halogens is 1. The highest BCUT2D eigenvalue weighted by atomic mass is 35.5. The number of rotatable bonds is 3. The molecule has 0 amide bonds. The fraction of sp³-hybridized carbons (Fsp3) is 0.562. The Morgan fingerprint density at radius 3 is 2.95 bits per heavy atom. The zero-order valence-electron chi connectivity index (χ0n) is 12.2. The molecule has 0 saturated heterocycles. The van der Waals surface area contributed by atoms with Crippen LogP contribution < -0.4 is 15.8 Å². The molecule has 0 spiro atoms. The highest BCUT2D eigenvalue weighted by Gasteiger charge is 2.18. The molecule has 4 nitrogen and oxygen atoms in total. The number of aliphatic imine (C=N–C) groups is 1. The Hall–Kier alpha value is -1.42. The largest absolute Gasteiger partial charge is 0.493 e. The van der Waals surface area contributed by atoms with Gasteiger partial charge in [-0.3, -0.25) is 0 Å². The van der Waals surface area contributed by atoms with Gasteiger partial charge in [0.25, 0.3) is 0 Å². The Morgan fingerprint density at radius 2 is 2.14 bits per heavy atom. The zero-order chi connectivity index (χ0) is 14.7. The van der Waals surface area contributed by atoms with Crippen LogP contribution >= 0.6 is 11.6 Å². The number of hydrogen-bond donors (Lipinski definition) is 2. The van der Waals surface area contributed by atoms with Crippen molar-refractivity contribution in [2.75, 3.05) is 6.61 Å². The minimum absolute atomic E-state index is 0.476. The number of ether oxygens (including phenoxy) is 1. The van der Waals surface area contributed by atoms with Gasteiger partial charge in [-0.05, 0) is 30.5 Å². The molecule has 1 aromatic rings. The molecule has 21 heavy (non-hydrogen) atoms. The lowest BCUT2D eigenvalue weighted by Gasteiger charge is -2.23. The maximum atomic E-state index is 6.15. The van der Waals surface area contributed by atoms with Crippen molar-refractivity contribution in [3.8, 4) is 5.75 Å². The molecule has 2 aliphatic rings. The smallest absolute Gasteiger partial charge is 0.189 e. The van der Waals surface area contributed by atoms with Gasteiger partial charge in [-0.2, -0.15) is 0 Å². The first-order valence-electron chi connectivity index (χ1n) is 7.73. The number of nitrogens with zero attached hydrogens (tertiary/aromatic N) is 1. The standard InChI is InChI=1S/C16H22ClN3O/c17-13-8-11-6-7-21-15(11)12(9-13)10-19-16(18)20-14-4-2-1-3-5-14/h8-9,14H,1-7,10H2,(H3,18,19,20). The minimum Gasteiger partial charge on any atom is -0.493 e. The predicted octanol–water partition coefficient (Wildman–Crippen LogP) is 3.01. The van der Waals surface area contributed by atoms with Crippen LogP contribution in [0.15, 0.2) is 17.1 Å². The maximum absolute atomic E-state index is 6.15. The van der Waals surface area contributed by atoms with Gasteiger partial charge in [-0.15, -0.1) is 0 Å². The topological polar surface area (TPSA) is 59.6 Å². The Bertz CT molecular complexity index is 539. The monoisotopic (exact) mass is 307 g/mol. The van der Waals surface area contributed by atoms with Gasteiger partial charge in [-0.1, -0.05) is 30.9 Å². The van der Waals surface area contributed by atoms with Crippen LogP contribution in [0.3, 0.4) is 0 Å². The normalized spacial score (nSPS) is 19.2. The van der Waals surface area contributed by atoms with Crippen molar-refractivity contribution in [2.45, 2.75) is 51.1 Å². The van der Waals surface area contributed by atoms with E-state index in [0.717, 1.165) is 29.4 Å². The van der Waals surface area contributed by atoms with Crippen molar-refractivity contribution in [1.82, 2.24) is 5.32 Å². The maximum Gasteiger partial charge on any atom is 0.189 e. The molecule has 0 aromatic heterocycles. The lowest BCUT2D eigenvalue weighted by atomic mass is 9.96. The number of hydrogen-bond acceptors (Lipinski definition) is 2. The van der Waals surface area contributed by atoms with Crippen molar-refractivity contribution in [3.63, 3.8) is 0 Å². The van der Waals surface area contributed by atoms with Crippen molar-refractivity contribution in [3.05, 3.63) is 28.3 Å². The van der Waals surface area contributed by atoms with Crippen molar-refractivity contribution in [2.24, 2.45) is 10.7 Å². The molecule has 1 aliphatic heterocycles. The molecule has 0 unspecified atom stereocenters. The van der Waals surface area contributed by atoms with Gasteiger partial charge in [-0.25, -0.2) is 4.99 Å². The number of benzene rings is 1. The summed E-state index contributed by atoms with van der Waals surface area (Å²) in [6, 6.07) is 4.37. The summed E-state index contributed by atoms with van der Waals surface area (Å²) >= 11 is 6.15. The number of guanidine groups is 1. The molecular formula is C16H22ClN3O. The van der Waals surface area contributed by atoms with E-state index in [1.54, 1.807) is 0 Å². The van der Waals surface area contributed by atoms with Gasteiger partial charge in [0.2, 0.25) is 0 Å². The summed E-state index contributed by atoms with van der Waals surface area (Å²) in [7, 11) is 0. The molecule has 1 heterocycles. The second-order valence-electron chi connectivity index (χ2n) is 5.83. The van der Waals surface area contributed by atoms with Crippen molar-refractivity contribution < 1.29 is 4.74 Å². The summed E-state index contributed by atoms with van der Waals surface area (Å²) < 4.78 is 5.68. The van der Waals surface area contributed by atoms with E-state index in [4.69, 9.17) is 22.1 Å². The van der Waals surface area contributed by atoms with E-state index in [-0.39, 0.29) is 0 Å². The van der Waals surface area contributed by atoms with E-state index in [0.29, 0.717) is 18.5 Å². The molecule has 3 N–H and O–H groups in total. The first kappa shape index (κ1) is 14.5. The average Bonchev–Trinajstić information content (AvgIpc) is 2.94. The third kappa shape index (κ3) is 3.62. The predicted molar refractivity (Wildman–Crippen MR) is 86.0 cm³/mol. The number of nitrogens with one attached hydrogen (secondary N) is 1. The van der Waals surface area contributed by atoms with E-state index in [1.807, 2.05) is 12.1 Å². The summed E-state index contributed by atoms with van der Waals surface area (Å²) in [5.74, 6) is 1.46. The molecule has 3 rings (SSSR count). The van der Waals surface area contributed by atoms with Gasteiger partial charge >= 0.3 is 0 Å². The molecule has 0 bridgehead atoms. The Balaban J connectivity index is 1.65. The van der Waals surface area contributed by atoms with Gasteiger partial charge in [0.05, 0.1) is 13.2 Å². The first-order chi connectivity index (χ1) is 10.2. The summed E-state index contributed by atoms with van der Waals surface area (Å²) in [5.41, 5.74) is 8.19. The van der Waals surface area contributed by atoms with Crippen LogP contribution in [0.1, 0.15) is 43.2 Å². The zero-order valence-corrected chi connectivity index (χ0v) is 13.0. The Labute approximate surface area is 130 Å². The van der Waals surface area contributed by atoms with Gasteiger partial charge in [0.1, 0.15) is 5.75 Å². The van der Waals surface area contributed by atoms with Crippen LogP contribution in [0, 0.1) is 0 Å². The minimum atomic E-state index is 0.476. The van der Waals surface area contributed by atoms with Crippen LogP contribution in [-0.4, -0.2) is 18.6 Å². The average molecular weight is 308 g/mol. The fourth-order valence-corrected chi connectivity index (χ4v) is 3.40. The van der Waals surface area contributed by atoms with Crippen molar-refractivity contribution >= 4 is 17.6 Å². The highest BCUT2D eigenvalue weighted by molar-refractivity contribution is 6.30. The third-order valence-electron chi connectivity index (χ3n) is 4.20. The third-order valence-corrected chi connectivity index (χ3v) is 4.42.